The van der Waals surface area contributed by atoms with Gasteiger partial charge in [0.1, 0.15) is 17.4 Å². The van der Waals surface area contributed by atoms with Crippen molar-refractivity contribution in [3.63, 3.8) is 0 Å². The molecule has 2 aromatic carbocycles. The molecule has 1 aromatic heterocycles. The first kappa shape index (κ1) is 24.0. The predicted molar refractivity (Wildman–Crippen MR) is 132 cm³/mol. The maximum atomic E-state index is 14.9. The van der Waals surface area contributed by atoms with Gasteiger partial charge in [-0.3, -0.25) is 9.59 Å². The van der Waals surface area contributed by atoms with Crippen LogP contribution in [0.4, 0.5) is 8.78 Å². The predicted octanol–water partition coefficient (Wildman–Crippen LogP) is 4.82. The number of methoxy groups -OCH3 is 1. The van der Waals surface area contributed by atoms with Crippen LogP contribution in [0.1, 0.15) is 35.3 Å². The van der Waals surface area contributed by atoms with Gasteiger partial charge in [-0.25, -0.2) is 8.78 Å². The van der Waals surface area contributed by atoms with Gasteiger partial charge in [-0.15, -0.1) is 0 Å². The summed E-state index contributed by atoms with van der Waals surface area (Å²) in [5.41, 5.74) is 2.54. The van der Waals surface area contributed by atoms with Crippen LogP contribution in [0.15, 0.2) is 48.5 Å². The number of carbonyl (C=O) groups excluding carboxylic acids is 2. The average molecular weight is 494 g/mol. The summed E-state index contributed by atoms with van der Waals surface area (Å²) >= 11 is 0. The van der Waals surface area contributed by atoms with Crippen LogP contribution in [0.25, 0.3) is 16.9 Å². The lowest BCUT2D eigenvalue weighted by atomic mass is 9.84. The Bertz CT molecular complexity index is 1290. The molecule has 8 heteroatoms. The fraction of sp³-hybridized carbons (Fsp3) is 0.357. The third kappa shape index (κ3) is 4.36. The number of benzene rings is 2. The molecule has 0 unspecified atom stereocenters. The van der Waals surface area contributed by atoms with E-state index >= 15 is 0 Å². The smallest absolute Gasteiger partial charge is 0.255 e. The topological polar surface area (TPSA) is 54.8 Å². The minimum Gasteiger partial charge on any atom is -0.497 e. The lowest BCUT2D eigenvalue weighted by Crippen LogP contribution is -2.52. The van der Waals surface area contributed by atoms with Crippen LogP contribution < -0.4 is 4.74 Å². The molecule has 1 aliphatic heterocycles. The second kappa shape index (κ2) is 9.76. The molecule has 3 aromatic rings. The third-order valence-corrected chi connectivity index (χ3v) is 7.35. The van der Waals surface area contributed by atoms with Crippen molar-refractivity contribution in [2.45, 2.75) is 26.2 Å². The summed E-state index contributed by atoms with van der Waals surface area (Å²) < 4.78 is 35.5. The minimum absolute atomic E-state index is 0.140. The van der Waals surface area contributed by atoms with E-state index < -0.39 is 11.6 Å². The number of amides is 2. The van der Waals surface area contributed by atoms with Crippen molar-refractivity contribution in [1.29, 1.82) is 0 Å². The minimum atomic E-state index is -0.717. The molecule has 188 valence electrons. The SMILES string of the molecule is COc1ccc(-c2cc(C(=O)N3CCN(C(=O)C4CCC4)CC3)c(C)n2-c2ccc(F)cc2F)cc1. The maximum absolute atomic E-state index is 14.9. The number of hydrogen-bond acceptors (Lipinski definition) is 3. The molecule has 1 saturated carbocycles. The number of piperazine rings is 1. The zero-order valence-electron chi connectivity index (χ0n) is 20.5. The van der Waals surface area contributed by atoms with Crippen LogP contribution in [0.5, 0.6) is 5.75 Å². The number of ether oxygens (including phenoxy) is 1. The third-order valence-electron chi connectivity index (χ3n) is 7.35. The molecule has 1 aliphatic carbocycles. The Balaban J connectivity index is 1.47. The van der Waals surface area contributed by atoms with Crippen LogP contribution >= 0.6 is 0 Å². The monoisotopic (exact) mass is 493 g/mol. The molecular weight excluding hydrogens is 464 g/mol. The maximum Gasteiger partial charge on any atom is 0.255 e. The van der Waals surface area contributed by atoms with Crippen molar-refractivity contribution in [2.75, 3.05) is 33.3 Å². The number of aromatic nitrogens is 1. The number of carbonyl (C=O) groups is 2. The first-order valence-electron chi connectivity index (χ1n) is 12.3. The van der Waals surface area contributed by atoms with E-state index in [0.717, 1.165) is 30.9 Å². The first-order chi connectivity index (χ1) is 17.4. The highest BCUT2D eigenvalue weighted by Gasteiger charge is 2.33. The Morgan fingerprint density at radius 3 is 2.17 bits per heavy atom. The second-order valence-corrected chi connectivity index (χ2v) is 9.43. The average Bonchev–Trinajstić information content (AvgIpc) is 3.19. The molecule has 2 amide bonds. The summed E-state index contributed by atoms with van der Waals surface area (Å²) in [5, 5.41) is 0. The van der Waals surface area contributed by atoms with Gasteiger partial charge < -0.3 is 19.1 Å². The largest absolute Gasteiger partial charge is 0.497 e. The van der Waals surface area contributed by atoms with E-state index in [-0.39, 0.29) is 23.4 Å². The van der Waals surface area contributed by atoms with E-state index in [4.69, 9.17) is 4.74 Å². The Hall–Kier alpha value is -3.68. The number of halogens is 2. The van der Waals surface area contributed by atoms with E-state index in [1.54, 1.807) is 41.7 Å². The van der Waals surface area contributed by atoms with Crippen molar-refractivity contribution in [2.24, 2.45) is 5.92 Å². The zero-order chi connectivity index (χ0) is 25.4. The summed E-state index contributed by atoms with van der Waals surface area (Å²) in [5.74, 6) is -0.542. The van der Waals surface area contributed by atoms with Crippen LogP contribution in [0.3, 0.4) is 0 Å². The lowest BCUT2D eigenvalue weighted by molar-refractivity contribution is -0.139. The molecule has 0 spiro atoms. The van der Waals surface area contributed by atoms with E-state index in [1.807, 2.05) is 17.0 Å². The van der Waals surface area contributed by atoms with Crippen molar-refractivity contribution >= 4 is 11.8 Å². The van der Waals surface area contributed by atoms with Crippen molar-refractivity contribution in [3.05, 3.63) is 71.4 Å². The summed E-state index contributed by atoms with van der Waals surface area (Å²) in [6, 6.07) is 12.4. The number of nitrogens with zero attached hydrogens (tertiary/aromatic N) is 3. The highest BCUT2D eigenvalue weighted by atomic mass is 19.1. The van der Waals surface area contributed by atoms with Gasteiger partial charge in [-0.05, 0) is 67.8 Å². The number of hydrogen-bond donors (Lipinski definition) is 0. The molecule has 6 nitrogen and oxygen atoms in total. The fourth-order valence-electron chi connectivity index (χ4n) is 4.98. The molecular formula is C28H29F2N3O3. The molecule has 5 rings (SSSR count). The van der Waals surface area contributed by atoms with Gasteiger partial charge in [-0.1, -0.05) is 6.42 Å². The van der Waals surface area contributed by atoms with Gasteiger partial charge in [0, 0.05) is 43.9 Å². The zero-order valence-corrected chi connectivity index (χ0v) is 20.5. The molecule has 0 bridgehead atoms. The molecule has 2 fully saturated rings. The summed E-state index contributed by atoms with van der Waals surface area (Å²) in [7, 11) is 1.58. The van der Waals surface area contributed by atoms with Crippen LogP contribution in [0, 0.1) is 24.5 Å². The van der Waals surface area contributed by atoms with Crippen molar-refractivity contribution in [1.82, 2.24) is 14.4 Å². The Morgan fingerprint density at radius 2 is 1.58 bits per heavy atom. The van der Waals surface area contributed by atoms with Crippen LogP contribution in [-0.2, 0) is 4.79 Å². The summed E-state index contributed by atoms with van der Waals surface area (Å²) in [6.07, 6.45) is 3.02. The van der Waals surface area contributed by atoms with Crippen LogP contribution in [-0.4, -0.2) is 59.5 Å². The van der Waals surface area contributed by atoms with Crippen LogP contribution in [0.2, 0.25) is 0 Å². The van der Waals surface area contributed by atoms with Crippen molar-refractivity contribution < 1.29 is 23.1 Å². The summed E-state index contributed by atoms with van der Waals surface area (Å²) in [4.78, 5) is 29.8. The molecule has 0 atom stereocenters. The Labute approximate surface area is 209 Å². The quantitative estimate of drug-likeness (QED) is 0.512. The van der Waals surface area contributed by atoms with Gasteiger partial charge in [-0.2, -0.15) is 0 Å². The molecule has 1 saturated heterocycles. The van der Waals surface area contributed by atoms with Gasteiger partial charge in [0.25, 0.3) is 5.91 Å². The second-order valence-electron chi connectivity index (χ2n) is 9.43. The molecule has 0 N–H and O–H groups in total. The Morgan fingerprint density at radius 1 is 0.917 bits per heavy atom. The summed E-state index contributed by atoms with van der Waals surface area (Å²) in [6.45, 7) is 3.69. The van der Waals surface area contributed by atoms with Crippen molar-refractivity contribution in [3.8, 4) is 22.7 Å². The molecule has 2 heterocycles. The standard InChI is InChI=1S/C28H29F2N3O3/c1-18-23(28(35)32-14-12-31(13-15-32)27(34)20-4-3-5-20)17-26(19-6-9-22(36-2)10-7-19)33(18)25-11-8-21(29)16-24(25)30/h6-11,16-17,20H,3-5,12-15H2,1-2H3. The Kier molecular flexibility index (Phi) is 6.51. The van der Waals surface area contributed by atoms with E-state index in [2.05, 4.69) is 0 Å². The van der Waals surface area contributed by atoms with E-state index in [1.165, 1.54) is 12.1 Å². The van der Waals surface area contributed by atoms with E-state index in [9.17, 15) is 18.4 Å². The molecule has 0 radical (unpaired) electrons. The van der Waals surface area contributed by atoms with Gasteiger partial charge in [0.05, 0.1) is 24.1 Å². The van der Waals surface area contributed by atoms with Gasteiger partial charge in [0.2, 0.25) is 5.91 Å². The first-order valence-corrected chi connectivity index (χ1v) is 12.3. The van der Waals surface area contributed by atoms with Gasteiger partial charge >= 0.3 is 0 Å². The highest BCUT2D eigenvalue weighted by molar-refractivity contribution is 5.97. The van der Waals surface area contributed by atoms with E-state index in [0.29, 0.717) is 48.9 Å². The van der Waals surface area contributed by atoms with Gasteiger partial charge in [0.15, 0.2) is 0 Å². The highest BCUT2D eigenvalue weighted by Crippen LogP contribution is 2.33. The fourth-order valence-corrected chi connectivity index (χ4v) is 4.98. The number of rotatable bonds is 5. The lowest BCUT2D eigenvalue weighted by Gasteiger charge is -2.38. The molecule has 2 aliphatic rings. The molecule has 36 heavy (non-hydrogen) atoms. The normalized spacial score (nSPS) is 16.1.